The summed E-state index contributed by atoms with van der Waals surface area (Å²) in [6, 6.07) is 9.42. The van der Waals surface area contributed by atoms with Gasteiger partial charge in [-0.1, -0.05) is 11.6 Å². The quantitative estimate of drug-likeness (QED) is 0.728. The van der Waals surface area contributed by atoms with Gasteiger partial charge in [0.1, 0.15) is 23.4 Å². The van der Waals surface area contributed by atoms with Crippen LogP contribution in [0.4, 0.5) is 0 Å². The zero-order chi connectivity index (χ0) is 19.0. The summed E-state index contributed by atoms with van der Waals surface area (Å²) in [6.45, 7) is 4.02. The molecule has 0 spiro atoms. The van der Waals surface area contributed by atoms with Gasteiger partial charge in [0.05, 0.1) is 12.1 Å². The molecule has 1 aliphatic heterocycles. The molecule has 1 N–H and O–H groups in total. The highest BCUT2D eigenvalue weighted by Gasteiger charge is 2.27. The van der Waals surface area contributed by atoms with Crippen molar-refractivity contribution in [3.05, 3.63) is 70.4 Å². The lowest BCUT2D eigenvalue weighted by Crippen LogP contribution is -2.34. The van der Waals surface area contributed by atoms with E-state index in [4.69, 9.17) is 20.8 Å². The van der Waals surface area contributed by atoms with Crippen molar-refractivity contribution in [3.8, 4) is 16.9 Å². The van der Waals surface area contributed by atoms with Gasteiger partial charge in [0, 0.05) is 35.0 Å². The van der Waals surface area contributed by atoms with Crippen LogP contribution in [0.5, 0.6) is 5.75 Å². The second-order valence-corrected chi connectivity index (χ2v) is 7.09. The Bertz CT molecular complexity index is 998. The number of fused-ring (bicyclic) bond motifs is 1. The van der Waals surface area contributed by atoms with E-state index in [0.717, 1.165) is 28.2 Å². The van der Waals surface area contributed by atoms with Crippen LogP contribution in [0.3, 0.4) is 0 Å². The molecule has 138 valence electrons. The van der Waals surface area contributed by atoms with Crippen LogP contribution >= 0.6 is 11.6 Å². The molecule has 3 aromatic rings. The fourth-order valence-corrected chi connectivity index (χ4v) is 3.65. The zero-order valence-corrected chi connectivity index (χ0v) is 15.8. The Balaban J connectivity index is 1.50. The minimum Gasteiger partial charge on any atom is -0.487 e. The topological polar surface area (TPSA) is 64.4 Å². The molecule has 27 heavy (non-hydrogen) atoms. The fraction of sp³-hybridized carbons (Fsp3) is 0.238. The molecule has 2 aromatic heterocycles. The minimum atomic E-state index is -0.156. The molecule has 0 bridgehead atoms. The van der Waals surface area contributed by atoms with Crippen molar-refractivity contribution in [2.24, 2.45) is 0 Å². The predicted octanol–water partition coefficient (Wildman–Crippen LogP) is 4.35. The van der Waals surface area contributed by atoms with Crippen molar-refractivity contribution in [1.82, 2.24) is 10.3 Å². The summed E-state index contributed by atoms with van der Waals surface area (Å²) in [4.78, 5) is 16.5. The van der Waals surface area contributed by atoms with Crippen LogP contribution in [-0.4, -0.2) is 23.5 Å². The first-order chi connectivity index (χ1) is 13.0. The van der Waals surface area contributed by atoms with Gasteiger partial charge in [-0.3, -0.25) is 9.78 Å². The summed E-state index contributed by atoms with van der Waals surface area (Å²) < 4.78 is 11.6. The Morgan fingerprint density at radius 1 is 1.26 bits per heavy atom. The standard InChI is InChI=1S/C21H19ClN2O3/c1-12-7-18(13(2)26-12)21(25)24-11-17-9-15-8-16(22)10-19(20(15)27-17)14-3-5-23-6-4-14/h3-8,10,17H,9,11H2,1-2H3,(H,24,25)/t17-/m0/s1. The number of rotatable bonds is 4. The normalized spacial score (nSPS) is 15.3. The third kappa shape index (κ3) is 3.55. The van der Waals surface area contributed by atoms with Crippen LogP contribution in [0.2, 0.25) is 5.02 Å². The van der Waals surface area contributed by atoms with Crippen LogP contribution in [0, 0.1) is 13.8 Å². The molecule has 0 saturated carbocycles. The Hall–Kier alpha value is -2.79. The Labute approximate surface area is 162 Å². The second-order valence-electron chi connectivity index (χ2n) is 6.66. The highest BCUT2D eigenvalue weighted by molar-refractivity contribution is 6.31. The number of hydrogen-bond acceptors (Lipinski definition) is 4. The van der Waals surface area contributed by atoms with Crippen LogP contribution in [0.25, 0.3) is 11.1 Å². The maximum Gasteiger partial charge on any atom is 0.254 e. The van der Waals surface area contributed by atoms with Crippen molar-refractivity contribution in [2.75, 3.05) is 6.54 Å². The van der Waals surface area contributed by atoms with Gasteiger partial charge < -0.3 is 14.5 Å². The molecule has 3 heterocycles. The van der Waals surface area contributed by atoms with Crippen molar-refractivity contribution < 1.29 is 13.9 Å². The summed E-state index contributed by atoms with van der Waals surface area (Å²) >= 11 is 6.30. The van der Waals surface area contributed by atoms with Crippen LogP contribution in [0.15, 0.2) is 47.1 Å². The SMILES string of the molecule is Cc1cc(C(=O)NC[C@@H]2Cc3cc(Cl)cc(-c4ccncc4)c3O2)c(C)o1. The smallest absolute Gasteiger partial charge is 0.254 e. The third-order valence-electron chi connectivity index (χ3n) is 4.63. The molecule has 0 aliphatic carbocycles. The second kappa shape index (κ2) is 7.08. The van der Waals surface area contributed by atoms with Crippen LogP contribution in [0.1, 0.15) is 27.4 Å². The van der Waals surface area contributed by atoms with E-state index in [1.807, 2.05) is 31.2 Å². The van der Waals surface area contributed by atoms with Gasteiger partial charge in [0.25, 0.3) is 5.91 Å². The highest BCUT2D eigenvalue weighted by Crippen LogP contribution is 2.40. The molecule has 1 aliphatic rings. The van der Waals surface area contributed by atoms with E-state index in [2.05, 4.69) is 10.3 Å². The highest BCUT2D eigenvalue weighted by atomic mass is 35.5. The average Bonchev–Trinajstić information content (AvgIpc) is 3.21. The third-order valence-corrected chi connectivity index (χ3v) is 4.85. The Morgan fingerprint density at radius 2 is 2.04 bits per heavy atom. The number of aromatic nitrogens is 1. The molecule has 5 nitrogen and oxygen atoms in total. The number of benzene rings is 1. The number of furan rings is 1. The lowest BCUT2D eigenvalue weighted by molar-refractivity contribution is 0.0932. The molecule has 1 amide bonds. The lowest BCUT2D eigenvalue weighted by atomic mass is 10.0. The number of carbonyl (C=O) groups is 1. The maximum atomic E-state index is 12.4. The number of nitrogens with one attached hydrogen (secondary N) is 1. The fourth-order valence-electron chi connectivity index (χ4n) is 3.41. The van der Waals surface area contributed by atoms with Gasteiger partial charge in [-0.05, 0) is 49.7 Å². The Kier molecular flexibility index (Phi) is 4.62. The predicted molar refractivity (Wildman–Crippen MR) is 103 cm³/mol. The zero-order valence-electron chi connectivity index (χ0n) is 15.1. The summed E-state index contributed by atoms with van der Waals surface area (Å²) in [5.74, 6) is 2.00. The lowest BCUT2D eigenvalue weighted by Gasteiger charge is -2.13. The van der Waals surface area contributed by atoms with Crippen molar-refractivity contribution in [1.29, 1.82) is 0 Å². The largest absolute Gasteiger partial charge is 0.487 e. The first kappa shape index (κ1) is 17.6. The van der Waals surface area contributed by atoms with E-state index in [0.29, 0.717) is 29.3 Å². The first-order valence-corrected chi connectivity index (χ1v) is 9.14. The molecule has 0 saturated heterocycles. The minimum absolute atomic E-state index is 0.142. The van der Waals surface area contributed by atoms with E-state index in [9.17, 15) is 4.79 Å². The number of hydrogen-bond donors (Lipinski definition) is 1. The van der Waals surface area contributed by atoms with E-state index < -0.39 is 0 Å². The van der Waals surface area contributed by atoms with Gasteiger partial charge in [0.2, 0.25) is 0 Å². The molecule has 1 atom stereocenters. The number of amides is 1. The summed E-state index contributed by atoms with van der Waals surface area (Å²) in [5.41, 5.74) is 3.54. The number of carbonyl (C=O) groups excluding carboxylic acids is 1. The molecular weight excluding hydrogens is 364 g/mol. The molecule has 4 rings (SSSR count). The number of nitrogens with zero attached hydrogens (tertiary/aromatic N) is 1. The van der Waals surface area contributed by atoms with Gasteiger partial charge in [-0.25, -0.2) is 0 Å². The summed E-state index contributed by atoms with van der Waals surface area (Å²) in [6.07, 6.45) is 4.03. The van der Waals surface area contributed by atoms with Crippen molar-refractivity contribution in [2.45, 2.75) is 26.4 Å². The molecule has 6 heteroatoms. The van der Waals surface area contributed by atoms with E-state index in [1.54, 1.807) is 25.4 Å². The summed E-state index contributed by atoms with van der Waals surface area (Å²) in [5, 5.41) is 3.60. The van der Waals surface area contributed by atoms with E-state index in [-0.39, 0.29) is 12.0 Å². The van der Waals surface area contributed by atoms with E-state index in [1.165, 1.54) is 0 Å². The monoisotopic (exact) mass is 382 g/mol. The first-order valence-electron chi connectivity index (χ1n) is 8.76. The van der Waals surface area contributed by atoms with Crippen LogP contribution < -0.4 is 10.1 Å². The van der Waals surface area contributed by atoms with Gasteiger partial charge >= 0.3 is 0 Å². The van der Waals surface area contributed by atoms with Crippen molar-refractivity contribution >= 4 is 17.5 Å². The molecular formula is C21H19ClN2O3. The van der Waals surface area contributed by atoms with Gasteiger partial charge in [-0.2, -0.15) is 0 Å². The Morgan fingerprint density at radius 3 is 2.74 bits per heavy atom. The van der Waals surface area contributed by atoms with E-state index >= 15 is 0 Å². The summed E-state index contributed by atoms with van der Waals surface area (Å²) in [7, 11) is 0. The molecule has 1 aromatic carbocycles. The number of ether oxygens (including phenoxy) is 1. The van der Waals surface area contributed by atoms with Crippen LogP contribution in [-0.2, 0) is 6.42 Å². The van der Waals surface area contributed by atoms with Gasteiger partial charge in [-0.15, -0.1) is 0 Å². The number of aryl methyl sites for hydroxylation is 2. The number of pyridine rings is 1. The molecule has 0 radical (unpaired) electrons. The molecule has 0 unspecified atom stereocenters. The van der Waals surface area contributed by atoms with Crippen molar-refractivity contribution in [3.63, 3.8) is 0 Å². The average molecular weight is 383 g/mol. The van der Waals surface area contributed by atoms with Gasteiger partial charge in [0.15, 0.2) is 0 Å². The molecule has 0 fully saturated rings. The number of halogens is 1. The maximum absolute atomic E-state index is 12.4.